The number of amides is 2. The maximum atomic E-state index is 12.4. The van der Waals surface area contributed by atoms with Gasteiger partial charge in [0.2, 0.25) is 11.8 Å². The minimum absolute atomic E-state index is 0. The van der Waals surface area contributed by atoms with Crippen LogP contribution in [0.15, 0.2) is 4.21 Å². The average molecular weight is 365 g/mol. The minimum Gasteiger partial charge on any atom is -0.369 e. The third-order valence-electron chi connectivity index (χ3n) is 3.44. The van der Waals surface area contributed by atoms with E-state index in [0.717, 1.165) is 35.7 Å². The summed E-state index contributed by atoms with van der Waals surface area (Å²) in [6, 6.07) is 0. The van der Waals surface area contributed by atoms with E-state index < -0.39 is 5.54 Å². The molecule has 0 bridgehead atoms. The number of nitrogens with zero attached hydrogens (tertiary/aromatic N) is 1. The number of thiazole rings is 1. The van der Waals surface area contributed by atoms with Crippen molar-refractivity contribution in [3.8, 4) is 0 Å². The van der Waals surface area contributed by atoms with Crippen molar-refractivity contribution in [2.45, 2.75) is 42.9 Å². The van der Waals surface area contributed by atoms with Gasteiger partial charge in [-0.3, -0.25) is 9.59 Å². The summed E-state index contributed by atoms with van der Waals surface area (Å²) >= 11 is 2.73. The number of thioether (sulfide) groups is 1. The zero-order valence-electron chi connectivity index (χ0n) is 12.6. The minimum atomic E-state index is -0.529. The van der Waals surface area contributed by atoms with Gasteiger partial charge in [-0.05, 0) is 39.7 Å². The lowest BCUT2D eigenvalue weighted by atomic mass is 9.90. The Bertz CT molecular complexity index is 544. The molecule has 1 aliphatic heterocycles. The zero-order chi connectivity index (χ0) is 15.5. The molecule has 6 nitrogen and oxygen atoms in total. The van der Waals surface area contributed by atoms with Crippen LogP contribution in [0, 0.1) is 6.92 Å². The van der Waals surface area contributed by atoms with Crippen molar-refractivity contribution in [3.63, 3.8) is 0 Å². The quantitative estimate of drug-likeness (QED) is 0.693. The van der Waals surface area contributed by atoms with Crippen LogP contribution in [0.1, 0.15) is 31.9 Å². The first kappa shape index (κ1) is 19.2. The largest absolute Gasteiger partial charge is 0.369 e. The second-order valence-electron chi connectivity index (χ2n) is 5.32. The molecular formula is C13H21ClN4O2S2. The third-order valence-corrected chi connectivity index (χ3v) is 5.90. The second-order valence-corrected chi connectivity index (χ2v) is 7.56. The normalized spacial score (nSPS) is 21.0. The number of hydrogen-bond acceptors (Lipinski definition) is 6. The molecule has 0 aliphatic carbocycles. The number of aromatic nitrogens is 1. The molecule has 1 aliphatic rings. The van der Waals surface area contributed by atoms with E-state index in [4.69, 9.17) is 5.73 Å². The number of nitrogens with two attached hydrogens (primary N) is 1. The standard InChI is InChI=1S/C13H20N4O2S2.ClH/c1-8-10(20-7-9(14)18)21-12(16-8)17-11(19)13(2)5-3-4-6-15-13;/h15H,3-7H2,1-2H3,(H2,14,18)(H,16,17,19);1H. The van der Waals surface area contributed by atoms with Crippen LogP contribution in [0.4, 0.5) is 5.13 Å². The fraction of sp³-hybridized carbons (Fsp3) is 0.615. The molecular weight excluding hydrogens is 344 g/mol. The fourth-order valence-electron chi connectivity index (χ4n) is 2.19. The molecule has 2 heterocycles. The lowest BCUT2D eigenvalue weighted by Crippen LogP contribution is -2.54. The van der Waals surface area contributed by atoms with Crippen molar-refractivity contribution >= 4 is 52.5 Å². The molecule has 0 aromatic carbocycles. The smallest absolute Gasteiger partial charge is 0.246 e. The van der Waals surface area contributed by atoms with Gasteiger partial charge >= 0.3 is 0 Å². The summed E-state index contributed by atoms with van der Waals surface area (Å²) in [5.74, 6) is -0.199. The van der Waals surface area contributed by atoms with E-state index in [1.807, 2.05) is 13.8 Å². The summed E-state index contributed by atoms with van der Waals surface area (Å²) in [4.78, 5) is 27.6. The SMILES string of the molecule is Cc1nc(NC(=O)C2(C)CCCCN2)sc1SCC(N)=O.Cl. The van der Waals surface area contributed by atoms with Crippen molar-refractivity contribution in [1.82, 2.24) is 10.3 Å². The number of hydrogen-bond donors (Lipinski definition) is 3. The molecule has 1 saturated heterocycles. The summed E-state index contributed by atoms with van der Waals surface area (Å²) in [5, 5.41) is 6.72. The molecule has 0 radical (unpaired) electrons. The highest BCUT2D eigenvalue weighted by atomic mass is 35.5. The Balaban J connectivity index is 0.00000242. The van der Waals surface area contributed by atoms with Gasteiger partial charge in [0.1, 0.15) is 0 Å². The lowest BCUT2D eigenvalue weighted by molar-refractivity contribution is -0.122. The fourth-order valence-corrected chi connectivity index (χ4v) is 4.06. The zero-order valence-corrected chi connectivity index (χ0v) is 15.1. The first-order chi connectivity index (χ1) is 9.90. The van der Waals surface area contributed by atoms with Crippen molar-refractivity contribution in [1.29, 1.82) is 0 Å². The number of nitrogens with one attached hydrogen (secondary N) is 2. The Kier molecular flexibility index (Phi) is 7.11. The summed E-state index contributed by atoms with van der Waals surface area (Å²) in [7, 11) is 0. The van der Waals surface area contributed by atoms with Gasteiger partial charge in [0.15, 0.2) is 5.13 Å². The van der Waals surface area contributed by atoms with E-state index in [9.17, 15) is 9.59 Å². The highest BCUT2D eigenvalue weighted by Gasteiger charge is 2.34. The maximum absolute atomic E-state index is 12.4. The molecule has 124 valence electrons. The summed E-state index contributed by atoms with van der Waals surface area (Å²) in [5.41, 5.74) is 5.42. The van der Waals surface area contributed by atoms with E-state index in [1.54, 1.807) is 0 Å². The van der Waals surface area contributed by atoms with Crippen molar-refractivity contribution in [2.75, 3.05) is 17.6 Å². The van der Waals surface area contributed by atoms with E-state index in [1.165, 1.54) is 23.1 Å². The van der Waals surface area contributed by atoms with E-state index >= 15 is 0 Å². The van der Waals surface area contributed by atoms with Crippen LogP contribution in [0.25, 0.3) is 0 Å². The van der Waals surface area contributed by atoms with Crippen LogP contribution in [0.3, 0.4) is 0 Å². The number of rotatable bonds is 5. The van der Waals surface area contributed by atoms with Crippen molar-refractivity contribution < 1.29 is 9.59 Å². The van der Waals surface area contributed by atoms with Crippen LogP contribution < -0.4 is 16.4 Å². The third kappa shape index (κ3) is 4.84. The molecule has 1 atom stereocenters. The molecule has 2 rings (SSSR count). The van der Waals surface area contributed by atoms with Gasteiger partial charge < -0.3 is 16.4 Å². The number of piperidine rings is 1. The van der Waals surface area contributed by atoms with Gasteiger partial charge in [0.25, 0.3) is 0 Å². The van der Waals surface area contributed by atoms with E-state index in [0.29, 0.717) is 5.13 Å². The number of aryl methyl sites for hydroxylation is 1. The first-order valence-electron chi connectivity index (χ1n) is 6.86. The van der Waals surface area contributed by atoms with E-state index in [2.05, 4.69) is 15.6 Å². The maximum Gasteiger partial charge on any atom is 0.246 e. The highest BCUT2D eigenvalue weighted by molar-refractivity contribution is 8.01. The van der Waals surface area contributed by atoms with Gasteiger partial charge in [-0.25, -0.2) is 4.98 Å². The predicted molar refractivity (Wildman–Crippen MR) is 92.9 cm³/mol. The Morgan fingerprint density at radius 3 is 2.82 bits per heavy atom. The van der Waals surface area contributed by atoms with Gasteiger partial charge in [-0.15, -0.1) is 24.2 Å². The van der Waals surface area contributed by atoms with Gasteiger partial charge in [0, 0.05) is 0 Å². The van der Waals surface area contributed by atoms with Crippen molar-refractivity contribution in [2.24, 2.45) is 5.73 Å². The van der Waals surface area contributed by atoms with Crippen LogP contribution in [0.2, 0.25) is 0 Å². The number of halogens is 1. The second kappa shape index (κ2) is 8.14. The Hall–Kier alpha value is -0.830. The van der Waals surface area contributed by atoms with Crippen LogP contribution in [0.5, 0.6) is 0 Å². The Labute approximate surface area is 144 Å². The highest BCUT2D eigenvalue weighted by Crippen LogP contribution is 2.32. The molecule has 2 amide bonds. The summed E-state index contributed by atoms with van der Waals surface area (Å²) < 4.78 is 0.908. The molecule has 0 spiro atoms. The van der Waals surface area contributed by atoms with Crippen LogP contribution in [-0.4, -0.2) is 34.6 Å². The monoisotopic (exact) mass is 364 g/mol. The molecule has 1 fully saturated rings. The number of anilines is 1. The lowest BCUT2D eigenvalue weighted by Gasteiger charge is -2.33. The predicted octanol–water partition coefficient (Wildman–Crippen LogP) is 1.92. The molecule has 22 heavy (non-hydrogen) atoms. The first-order valence-corrected chi connectivity index (χ1v) is 8.66. The van der Waals surface area contributed by atoms with Crippen LogP contribution >= 0.6 is 35.5 Å². The Morgan fingerprint density at radius 1 is 1.50 bits per heavy atom. The summed E-state index contributed by atoms with van der Waals surface area (Å²) in [6.07, 6.45) is 2.98. The van der Waals surface area contributed by atoms with Crippen molar-refractivity contribution in [3.05, 3.63) is 5.69 Å². The number of carbonyl (C=O) groups is 2. The number of carbonyl (C=O) groups excluding carboxylic acids is 2. The Morgan fingerprint density at radius 2 is 2.23 bits per heavy atom. The molecule has 1 aromatic rings. The molecule has 9 heteroatoms. The molecule has 4 N–H and O–H groups in total. The van der Waals surface area contributed by atoms with Gasteiger partial charge in [0.05, 0.1) is 21.2 Å². The average Bonchev–Trinajstić information content (AvgIpc) is 2.77. The van der Waals surface area contributed by atoms with Gasteiger partial charge in [-0.1, -0.05) is 11.3 Å². The molecule has 1 aromatic heterocycles. The van der Waals surface area contributed by atoms with E-state index in [-0.39, 0.29) is 30.0 Å². The van der Waals surface area contributed by atoms with Crippen LogP contribution in [-0.2, 0) is 9.59 Å². The van der Waals surface area contributed by atoms with Gasteiger partial charge in [-0.2, -0.15) is 0 Å². The molecule has 0 saturated carbocycles. The molecule has 1 unspecified atom stereocenters. The summed E-state index contributed by atoms with van der Waals surface area (Å²) in [6.45, 7) is 4.64. The topological polar surface area (TPSA) is 97.1 Å². The number of primary amides is 1.